The van der Waals surface area contributed by atoms with Crippen molar-refractivity contribution in [1.82, 2.24) is 4.57 Å². The fourth-order valence-electron chi connectivity index (χ4n) is 3.16. The van der Waals surface area contributed by atoms with E-state index in [1.165, 1.54) is 0 Å². The minimum Gasteiger partial charge on any atom is -0.494 e. The van der Waals surface area contributed by atoms with Crippen LogP contribution in [0.5, 0.6) is 5.75 Å². The van der Waals surface area contributed by atoms with Gasteiger partial charge in [-0.05, 0) is 73.5 Å². The first-order chi connectivity index (χ1) is 15.2. The van der Waals surface area contributed by atoms with Crippen LogP contribution in [0, 0.1) is 0 Å². The number of ether oxygens (including phenoxy) is 1. The minimum absolute atomic E-state index is 0.649. The Balaban J connectivity index is 1.79. The Morgan fingerprint density at radius 3 is 2.35 bits per heavy atom. The predicted octanol–water partition coefficient (Wildman–Crippen LogP) is 6.58. The monoisotopic (exact) mass is 447 g/mol. The molecule has 4 rings (SSSR count). The van der Waals surface area contributed by atoms with E-state index in [-0.39, 0.29) is 0 Å². The number of para-hydroxylation sites is 1. The molecule has 156 valence electrons. The molecule has 3 aromatic carbocycles. The molecule has 0 aliphatic rings. The van der Waals surface area contributed by atoms with Crippen molar-refractivity contribution >= 4 is 28.6 Å². The molecule has 0 aliphatic carbocycles. The SMILES string of the molecule is CCOc1ccc(-c2cs/c(=N/N=C(\C)c3ccc(Cl)cc3)n2-c2ccccc2)cc1. The number of hydrogen-bond donors (Lipinski definition) is 0. The second kappa shape index (κ2) is 9.77. The van der Waals surface area contributed by atoms with Gasteiger partial charge in [0.1, 0.15) is 5.75 Å². The van der Waals surface area contributed by atoms with Crippen LogP contribution in [0.15, 0.2) is 94.4 Å². The average Bonchev–Trinajstić information content (AvgIpc) is 3.23. The summed E-state index contributed by atoms with van der Waals surface area (Å²) in [5.74, 6) is 0.862. The quantitative estimate of drug-likeness (QED) is 0.243. The lowest BCUT2D eigenvalue weighted by atomic mass is 10.1. The van der Waals surface area contributed by atoms with Gasteiger partial charge in [0.05, 0.1) is 18.0 Å². The second-order valence-electron chi connectivity index (χ2n) is 6.82. The van der Waals surface area contributed by atoms with Crippen molar-refractivity contribution in [2.75, 3.05) is 6.61 Å². The molecule has 0 saturated heterocycles. The molecule has 0 amide bonds. The van der Waals surface area contributed by atoms with Crippen molar-refractivity contribution in [3.8, 4) is 22.7 Å². The number of hydrogen-bond acceptors (Lipinski definition) is 4. The number of nitrogens with zero attached hydrogens (tertiary/aromatic N) is 3. The molecule has 0 spiro atoms. The Hall–Kier alpha value is -3.15. The Morgan fingerprint density at radius 2 is 1.68 bits per heavy atom. The Labute approximate surface area is 190 Å². The zero-order valence-electron chi connectivity index (χ0n) is 17.3. The van der Waals surface area contributed by atoms with Crippen LogP contribution >= 0.6 is 22.9 Å². The van der Waals surface area contributed by atoms with Gasteiger partial charge < -0.3 is 4.74 Å². The largest absolute Gasteiger partial charge is 0.494 e. The molecule has 0 bridgehead atoms. The van der Waals surface area contributed by atoms with Gasteiger partial charge in [0, 0.05) is 16.1 Å². The first kappa shape index (κ1) is 21.1. The van der Waals surface area contributed by atoms with E-state index in [1.54, 1.807) is 11.3 Å². The summed E-state index contributed by atoms with van der Waals surface area (Å²) in [4.78, 5) is 0.795. The van der Waals surface area contributed by atoms with Crippen molar-refractivity contribution in [1.29, 1.82) is 0 Å². The molecular weight excluding hydrogens is 426 g/mol. The Kier molecular flexibility index (Phi) is 6.65. The highest BCUT2D eigenvalue weighted by molar-refractivity contribution is 7.07. The maximum absolute atomic E-state index is 5.99. The highest BCUT2D eigenvalue weighted by Gasteiger charge is 2.10. The summed E-state index contributed by atoms with van der Waals surface area (Å²) in [5, 5.41) is 11.9. The van der Waals surface area contributed by atoms with Gasteiger partial charge in [0.2, 0.25) is 4.80 Å². The molecule has 4 nitrogen and oxygen atoms in total. The maximum Gasteiger partial charge on any atom is 0.215 e. The van der Waals surface area contributed by atoms with Gasteiger partial charge in [-0.1, -0.05) is 41.9 Å². The van der Waals surface area contributed by atoms with E-state index in [0.29, 0.717) is 11.6 Å². The van der Waals surface area contributed by atoms with E-state index in [0.717, 1.165) is 38.8 Å². The van der Waals surface area contributed by atoms with E-state index in [1.807, 2.05) is 68.4 Å². The summed E-state index contributed by atoms with van der Waals surface area (Å²) < 4.78 is 7.71. The van der Waals surface area contributed by atoms with Crippen LogP contribution in [0.25, 0.3) is 16.9 Å². The first-order valence-electron chi connectivity index (χ1n) is 9.99. The average molecular weight is 448 g/mol. The van der Waals surface area contributed by atoms with E-state index >= 15 is 0 Å². The molecule has 1 heterocycles. The highest BCUT2D eigenvalue weighted by atomic mass is 35.5. The highest BCUT2D eigenvalue weighted by Crippen LogP contribution is 2.25. The molecule has 31 heavy (non-hydrogen) atoms. The van der Waals surface area contributed by atoms with Gasteiger partial charge in [-0.2, -0.15) is 5.10 Å². The van der Waals surface area contributed by atoms with Gasteiger partial charge in [0.25, 0.3) is 0 Å². The zero-order valence-corrected chi connectivity index (χ0v) is 18.9. The van der Waals surface area contributed by atoms with Crippen molar-refractivity contribution in [2.24, 2.45) is 10.2 Å². The molecule has 0 radical (unpaired) electrons. The Bertz CT molecular complexity index is 1240. The maximum atomic E-state index is 5.99. The molecule has 0 aliphatic heterocycles. The summed E-state index contributed by atoms with van der Waals surface area (Å²) in [5.41, 5.74) is 4.99. The fraction of sp³-hybridized carbons (Fsp3) is 0.120. The van der Waals surface area contributed by atoms with Gasteiger partial charge in [-0.15, -0.1) is 16.4 Å². The van der Waals surface area contributed by atoms with Gasteiger partial charge in [0.15, 0.2) is 0 Å². The third kappa shape index (κ3) is 4.95. The minimum atomic E-state index is 0.649. The second-order valence-corrected chi connectivity index (χ2v) is 8.10. The van der Waals surface area contributed by atoms with E-state index < -0.39 is 0 Å². The van der Waals surface area contributed by atoms with Crippen LogP contribution in [0.2, 0.25) is 5.02 Å². The van der Waals surface area contributed by atoms with E-state index in [2.05, 4.69) is 44.4 Å². The molecule has 0 unspecified atom stereocenters. The van der Waals surface area contributed by atoms with Crippen LogP contribution < -0.4 is 9.54 Å². The molecule has 0 atom stereocenters. The Morgan fingerprint density at radius 1 is 0.968 bits per heavy atom. The topological polar surface area (TPSA) is 38.9 Å². The lowest BCUT2D eigenvalue weighted by Gasteiger charge is -2.10. The lowest BCUT2D eigenvalue weighted by molar-refractivity contribution is 0.340. The van der Waals surface area contributed by atoms with Crippen molar-refractivity contribution < 1.29 is 4.74 Å². The summed E-state index contributed by atoms with van der Waals surface area (Å²) in [6.07, 6.45) is 0. The summed E-state index contributed by atoms with van der Waals surface area (Å²) >= 11 is 7.55. The molecule has 1 aromatic heterocycles. The number of rotatable bonds is 6. The summed E-state index contributed by atoms with van der Waals surface area (Å²) in [6.45, 7) is 4.58. The van der Waals surface area contributed by atoms with Crippen LogP contribution in [0.1, 0.15) is 19.4 Å². The van der Waals surface area contributed by atoms with Crippen LogP contribution in [-0.2, 0) is 0 Å². The zero-order chi connectivity index (χ0) is 21.6. The van der Waals surface area contributed by atoms with Crippen molar-refractivity contribution in [3.05, 3.63) is 99.6 Å². The van der Waals surface area contributed by atoms with E-state index in [4.69, 9.17) is 16.3 Å². The van der Waals surface area contributed by atoms with Gasteiger partial charge >= 0.3 is 0 Å². The third-order valence-electron chi connectivity index (χ3n) is 4.73. The molecule has 0 N–H and O–H groups in total. The summed E-state index contributed by atoms with van der Waals surface area (Å²) in [6, 6.07) is 25.9. The van der Waals surface area contributed by atoms with Crippen LogP contribution in [0.3, 0.4) is 0 Å². The van der Waals surface area contributed by atoms with Crippen molar-refractivity contribution in [3.63, 3.8) is 0 Å². The number of aromatic nitrogens is 1. The van der Waals surface area contributed by atoms with Gasteiger partial charge in [-0.3, -0.25) is 4.57 Å². The number of thiazole rings is 1. The van der Waals surface area contributed by atoms with Crippen LogP contribution in [0.4, 0.5) is 0 Å². The molecule has 4 aromatic rings. The fourth-order valence-corrected chi connectivity index (χ4v) is 4.15. The summed E-state index contributed by atoms with van der Waals surface area (Å²) in [7, 11) is 0. The molecular formula is C25H22ClN3OS. The number of halogens is 1. The lowest BCUT2D eigenvalue weighted by Crippen LogP contribution is -2.13. The standard InChI is InChI=1S/C25H22ClN3OS/c1-3-30-23-15-11-20(12-16-23)24-17-31-25(29(24)22-7-5-4-6-8-22)28-27-18(2)19-9-13-21(26)14-10-19/h4-17H,3H2,1-2H3/b27-18+,28-25+. The molecule has 6 heteroatoms. The first-order valence-corrected chi connectivity index (χ1v) is 11.2. The van der Waals surface area contributed by atoms with Gasteiger partial charge in [-0.25, -0.2) is 0 Å². The number of benzene rings is 3. The normalized spacial score (nSPS) is 12.2. The predicted molar refractivity (Wildman–Crippen MR) is 129 cm³/mol. The third-order valence-corrected chi connectivity index (χ3v) is 5.80. The smallest absolute Gasteiger partial charge is 0.215 e. The van der Waals surface area contributed by atoms with Crippen molar-refractivity contribution in [2.45, 2.75) is 13.8 Å². The molecule has 0 saturated carbocycles. The molecule has 0 fully saturated rings. The van der Waals surface area contributed by atoms with E-state index in [9.17, 15) is 0 Å². The van der Waals surface area contributed by atoms with Crippen LogP contribution in [-0.4, -0.2) is 16.9 Å².